The Morgan fingerprint density at radius 3 is 2.35 bits per heavy atom. The first-order chi connectivity index (χ1) is 12.2. The molecule has 136 valence electrons. The van der Waals surface area contributed by atoms with E-state index < -0.39 is 17.6 Å². The SMILES string of the molecule is CC(C)n1c(Cc2ccc(C(F)(F)F)cc2)nc2cc(C(N)=O)ccc21. The molecule has 1 heterocycles. The number of imidazole rings is 1. The third kappa shape index (κ3) is 3.42. The van der Waals surface area contributed by atoms with E-state index in [-0.39, 0.29) is 6.04 Å². The molecule has 26 heavy (non-hydrogen) atoms. The summed E-state index contributed by atoms with van der Waals surface area (Å²) in [5, 5.41) is 0. The van der Waals surface area contributed by atoms with Gasteiger partial charge in [0.2, 0.25) is 5.91 Å². The number of hydrogen-bond acceptors (Lipinski definition) is 2. The maximum atomic E-state index is 12.7. The minimum Gasteiger partial charge on any atom is -0.366 e. The number of halogens is 3. The normalized spacial score (nSPS) is 12.1. The summed E-state index contributed by atoms with van der Waals surface area (Å²) >= 11 is 0. The van der Waals surface area contributed by atoms with Gasteiger partial charge in [0.1, 0.15) is 5.82 Å². The number of nitrogens with two attached hydrogens (primary N) is 1. The van der Waals surface area contributed by atoms with E-state index in [9.17, 15) is 18.0 Å². The molecule has 3 aromatic rings. The number of carbonyl (C=O) groups excluding carboxylic acids is 1. The van der Waals surface area contributed by atoms with Crippen molar-refractivity contribution in [3.8, 4) is 0 Å². The average Bonchev–Trinajstić information content (AvgIpc) is 2.91. The Kier molecular flexibility index (Phi) is 4.48. The lowest BCUT2D eigenvalue weighted by Gasteiger charge is -2.13. The van der Waals surface area contributed by atoms with E-state index in [1.165, 1.54) is 12.1 Å². The van der Waals surface area contributed by atoms with Crippen LogP contribution < -0.4 is 5.73 Å². The zero-order valence-corrected chi connectivity index (χ0v) is 14.3. The molecule has 2 aromatic carbocycles. The molecule has 7 heteroatoms. The molecule has 0 aliphatic heterocycles. The Bertz CT molecular complexity index is 957. The molecular formula is C19H18F3N3O. The molecule has 0 saturated heterocycles. The minimum atomic E-state index is -4.35. The van der Waals surface area contributed by atoms with Gasteiger partial charge in [-0.25, -0.2) is 4.98 Å². The van der Waals surface area contributed by atoms with Crippen molar-refractivity contribution in [2.75, 3.05) is 0 Å². The third-order valence-electron chi connectivity index (χ3n) is 4.21. The van der Waals surface area contributed by atoms with E-state index in [1.54, 1.807) is 18.2 Å². The average molecular weight is 361 g/mol. The summed E-state index contributed by atoms with van der Waals surface area (Å²) in [5.41, 5.74) is 7.23. The van der Waals surface area contributed by atoms with Crippen molar-refractivity contribution in [1.82, 2.24) is 9.55 Å². The molecule has 0 aliphatic rings. The van der Waals surface area contributed by atoms with E-state index in [1.807, 2.05) is 18.4 Å². The monoisotopic (exact) mass is 361 g/mol. The number of amides is 1. The predicted molar refractivity (Wildman–Crippen MR) is 92.9 cm³/mol. The molecule has 0 bridgehead atoms. The van der Waals surface area contributed by atoms with Gasteiger partial charge in [0.15, 0.2) is 0 Å². The molecule has 0 saturated carbocycles. The van der Waals surface area contributed by atoms with Crippen LogP contribution in [0, 0.1) is 0 Å². The van der Waals surface area contributed by atoms with Gasteiger partial charge in [0.05, 0.1) is 16.6 Å². The molecule has 0 fully saturated rings. The van der Waals surface area contributed by atoms with Gasteiger partial charge < -0.3 is 10.3 Å². The second-order valence-electron chi connectivity index (χ2n) is 6.43. The largest absolute Gasteiger partial charge is 0.416 e. The standard InChI is InChI=1S/C19H18F3N3O/c1-11(2)25-16-8-5-13(18(23)26)10-15(16)24-17(25)9-12-3-6-14(7-4-12)19(20,21)22/h3-8,10-11H,9H2,1-2H3,(H2,23,26). The molecule has 0 atom stereocenters. The van der Waals surface area contributed by atoms with Crippen LogP contribution >= 0.6 is 0 Å². The van der Waals surface area contributed by atoms with Crippen LogP contribution in [0.15, 0.2) is 42.5 Å². The maximum Gasteiger partial charge on any atom is 0.416 e. The molecule has 2 N–H and O–H groups in total. The first-order valence-electron chi connectivity index (χ1n) is 8.13. The molecule has 0 radical (unpaired) electrons. The number of carbonyl (C=O) groups is 1. The number of rotatable bonds is 4. The molecule has 0 spiro atoms. The molecule has 0 unspecified atom stereocenters. The number of primary amides is 1. The second kappa shape index (κ2) is 6.48. The van der Waals surface area contributed by atoms with Crippen molar-refractivity contribution in [3.05, 3.63) is 65.0 Å². The highest BCUT2D eigenvalue weighted by molar-refractivity contribution is 5.96. The summed E-state index contributed by atoms with van der Waals surface area (Å²) in [5.74, 6) is 0.187. The van der Waals surface area contributed by atoms with E-state index >= 15 is 0 Å². The lowest BCUT2D eigenvalue weighted by atomic mass is 10.1. The zero-order valence-electron chi connectivity index (χ0n) is 14.3. The van der Waals surface area contributed by atoms with Gasteiger partial charge in [-0.3, -0.25) is 4.79 Å². The van der Waals surface area contributed by atoms with Gasteiger partial charge in [0.25, 0.3) is 0 Å². The van der Waals surface area contributed by atoms with E-state index in [0.29, 0.717) is 17.5 Å². The second-order valence-corrected chi connectivity index (χ2v) is 6.43. The number of nitrogens with zero attached hydrogens (tertiary/aromatic N) is 2. The Morgan fingerprint density at radius 2 is 1.81 bits per heavy atom. The summed E-state index contributed by atoms with van der Waals surface area (Å²) in [6.45, 7) is 4.00. The van der Waals surface area contributed by atoms with Crippen LogP contribution in [-0.2, 0) is 12.6 Å². The number of benzene rings is 2. The van der Waals surface area contributed by atoms with Crippen molar-refractivity contribution >= 4 is 16.9 Å². The van der Waals surface area contributed by atoms with Crippen LogP contribution in [-0.4, -0.2) is 15.5 Å². The maximum absolute atomic E-state index is 12.7. The van der Waals surface area contributed by atoms with Crippen LogP contribution in [0.3, 0.4) is 0 Å². The van der Waals surface area contributed by atoms with Crippen LogP contribution in [0.1, 0.15) is 47.2 Å². The van der Waals surface area contributed by atoms with Gasteiger partial charge in [-0.2, -0.15) is 13.2 Å². The van der Waals surface area contributed by atoms with Crippen molar-refractivity contribution in [1.29, 1.82) is 0 Å². The topological polar surface area (TPSA) is 60.9 Å². The number of alkyl halides is 3. The van der Waals surface area contributed by atoms with Gasteiger partial charge >= 0.3 is 6.18 Å². The van der Waals surface area contributed by atoms with E-state index in [2.05, 4.69) is 4.98 Å². The fraction of sp³-hybridized carbons (Fsp3) is 0.263. The molecule has 0 aliphatic carbocycles. The Morgan fingerprint density at radius 1 is 1.15 bits per heavy atom. The molecule has 1 aromatic heterocycles. The van der Waals surface area contributed by atoms with Crippen LogP contribution in [0.4, 0.5) is 13.2 Å². The summed E-state index contributed by atoms with van der Waals surface area (Å²) in [6.07, 6.45) is -3.97. The first-order valence-corrected chi connectivity index (χ1v) is 8.13. The van der Waals surface area contributed by atoms with Crippen LogP contribution in [0.5, 0.6) is 0 Å². The lowest BCUT2D eigenvalue weighted by molar-refractivity contribution is -0.137. The van der Waals surface area contributed by atoms with Crippen molar-refractivity contribution in [2.45, 2.75) is 32.5 Å². The summed E-state index contributed by atoms with van der Waals surface area (Å²) < 4.78 is 40.1. The van der Waals surface area contributed by atoms with Crippen molar-refractivity contribution in [2.24, 2.45) is 5.73 Å². The zero-order chi connectivity index (χ0) is 19.1. The quantitative estimate of drug-likeness (QED) is 0.752. The molecule has 4 nitrogen and oxygen atoms in total. The predicted octanol–water partition coefficient (Wildman–Crippen LogP) is 4.33. The van der Waals surface area contributed by atoms with E-state index in [4.69, 9.17) is 5.73 Å². The van der Waals surface area contributed by atoms with Crippen LogP contribution in [0.25, 0.3) is 11.0 Å². The summed E-state index contributed by atoms with van der Waals surface area (Å²) in [6, 6.07) is 10.2. The highest BCUT2D eigenvalue weighted by Crippen LogP contribution is 2.30. The Labute approximate surface area is 148 Å². The van der Waals surface area contributed by atoms with Crippen molar-refractivity contribution < 1.29 is 18.0 Å². The minimum absolute atomic E-state index is 0.101. The molecule has 1 amide bonds. The lowest BCUT2D eigenvalue weighted by Crippen LogP contribution is -2.10. The smallest absolute Gasteiger partial charge is 0.366 e. The number of hydrogen-bond donors (Lipinski definition) is 1. The van der Waals surface area contributed by atoms with Gasteiger partial charge in [-0.1, -0.05) is 12.1 Å². The van der Waals surface area contributed by atoms with Crippen molar-refractivity contribution in [3.63, 3.8) is 0 Å². The molecule has 3 rings (SSSR count). The summed E-state index contributed by atoms with van der Waals surface area (Å²) in [4.78, 5) is 15.9. The fourth-order valence-electron chi connectivity index (χ4n) is 3.00. The van der Waals surface area contributed by atoms with Crippen LogP contribution in [0.2, 0.25) is 0 Å². The Hall–Kier alpha value is -2.83. The highest BCUT2D eigenvalue weighted by atomic mass is 19.4. The Balaban J connectivity index is 2.01. The summed E-state index contributed by atoms with van der Waals surface area (Å²) in [7, 11) is 0. The number of fused-ring (bicyclic) bond motifs is 1. The van der Waals surface area contributed by atoms with Gasteiger partial charge in [0, 0.05) is 18.0 Å². The molecular weight excluding hydrogens is 343 g/mol. The third-order valence-corrected chi connectivity index (χ3v) is 4.21. The van der Waals surface area contributed by atoms with Gasteiger partial charge in [-0.05, 0) is 49.7 Å². The van der Waals surface area contributed by atoms with Gasteiger partial charge in [-0.15, -0.1) is 0 Å². The highest BCUT2D eigenvalue weighted by Gasteiger charge is 2.30. The first kappa shape index (κ1) is 18.0. The van der Waals surface area contributed by atoms with E-state index in [0.717, 1.165) is 29.0 Å². The fourth-order valence-corrected chi connectivity index (χ4v) is 3.00. The number of aromatic nitrogens is 2.